The highest BCUT2D eigenvalue weighted by molar-refractivity contribution is 5.99. The van der Waals surface area contributed by atoms with Crippen LogP contribution in [-0.4, -0.2) is 35.5 Å². The molecule has 0 saturated carbocycles. The van der Waals surface area contributed by atoms with E-state index in [2.05, 4.69) is 6.92 Å². The summed E-state index contributed by atoms with van der Waals surface area (Å²) in [6.45, 7) is 2.11. The van der Waals surface area contributed by atoms with Gasteiger partial charge in [-0.25, -0.2) is 4.79 Å². The molecule has 4 heteroatoms. The summed E-state index contributed by atoms with van der Waals surface area (Å²) in [6.07, 6.45) is 2.31. The standard InChI is InChI=1S/C16H19NO3/c1-11-10-16(15(19)20-2)9-8-13(11)17(16)14(18)12-6-4-3-5-7-12/h3-7,11,13H,8-10H2,1-2H3. The molecule has 20 heavy (non-hydrogen) atoms. The SMILES string of the molecule is COC(=O)C12CCC(C(C)C1)N2C(=O)c1ccccc1. The van der Waals surface area contributed by atoms with E-state index in [0.717, 1.165) is 6.42 Å². The third-order valence-electron chi connectivity index (χ3n) is 4.77. The number of carbonyl (C=O) groups is 2. The van der Waals surface area contributed by atoms with Crippen LogP contribution in [0.4, 0.5) is 0 Å². The number of fused-ring (bicyclic) bond motifs is 2. The molecule has 1 aromatic carbocycles. The summed E-state index contributed by atoms with van der Waals surface area (Å²) in [5.41, 5.74) is -0.104. The van der Waals surface area contributed by atoms with Crippen molar-refractivity contribution in [1.29, 1.82) is 0 Å². The van der Waals surface area contributed by atoms with E-state index in [0.29, 0.717) is 24.3 Å². The molecule has 106 valence electrons. The smallest absolute Gasteiger partial charge is 0.331 e. The third kappa shape index (κ3) is 1.67. The van der Waals surface area contributed by atoms with Crippen molar-refractivity contribution in [2.45, 2.75) is 37.8 Å². The van der Waals surface area contributed by atoms with E-state index in [9.17, 15) is 9.59 Å². The molecule has 2 heterocycles. The zero-order valence-electron chi connectivity index (χ0n) is 11.8. The van der Waals surface area contributed by atoms with Gasteiger partial charge in [-0.05, 0) is 37.3 Å². The molecule has 2 aliphatic heterocycles. The van der Waals surface area contributed by atoms with Gasteiger partial charge in [0.25, 0.3) is 5.91 Å². The number of ether oxygens (including phenoxy) is 1. The lowest BCUT2D eigenvalue weighted by Crippen LogP contribution is -2.51. The Morgan fingerprint density at radius 3 is 2.60 bits per heavy atom. The highest BCUT2D eigenvalue weighted by atomic mass is 16.5. The summed E-state index contributed by atoms with van der Waals surface area (Å²) >= 11 is 0. The van der Waals surface area contributed by atoms with Gasteiger partial charge in [0.2, 0.25) is 0 Å². The van der Waals surface area contributed by atoms with Gasteiger partial charge in [-0.15, -0.1) is 0 Å². The van der Waals surface area contributed by atoms with Crippen LogP contribution in [0.2, 0.25) is 0 Å². The van der Waals surface area contributed by atoms with E-state index in [-0.39, 0.29) is 17.9 Å². The van der Waals surface area contributed by atoms with E-state index >= 15 is 0 Å². The normalized spacial score (nSPS) is 31.4. The van der Waals surface area contributed by atoms with Gasteiger partial charge in [-0.1, -0.05) is 25.1 Å². The Bertz CT molecular complexity index is 542. The molecule has 2 aliphatic rings. The average Bonchev–Trinajstić information content (AvgIpc) is 2.99. The van der Waals surface area contributed by atoms with Crippen LogP contribution in [0, 0.1) is 5.92 Å². The van der Waals surface area contributed by atoms with Crippen molar-refractivity contribution in [2.24, 2.45) is 5.92 Å². The fraction of sp³-hybridized carbons (Fsp3) is 0.500. The van der Waals surface area contributed by atoms with Crippen LogP contribution in [0.5, 0.6) is 0 Å². The second-order valence-corrected chi connectivity index (χ2v) is 5.85. The largest absolute Gasteiger partial charge is 0.467 e. The maximum absolute atomic E-state index is 12.8. The van der Waals surface area contributed by atoms with E-state index in [1.165, 1.54) is 7.11 Å². The first-order valence-corrected chi connectivity index (χ1v) is 7.07. The average molecular weight is 273 g/mol. The fourth-order valence-corrected chi connectivity index (χ4v) is 3.90. The number of hydrogen-bond acceptors (Lipinski definition) is 3. The molecule has 0 radical (unpaired) electrons. The lowest BCUT2D eigenvalue weighted by atomic mass is 9.82. The highest BCUT2D eigenvalue weighted by Crippen LogP contribution is 2.50. The predicted octanol–water partition coefficient (Wildman–Crippen LogP) is 2.24. The zero-order chi connectivity index (χ0) is 14.3. The van der Waals surface area contributed by atoms with Crippen LogP contribution in [-0.2, 0) is 9.53 Å². The fourth-order valence-electron chi connectivity index (χ4n) is 3.90. The van der Waals surface area contributed by atoms with Gasteiger partial charge in [0.05, 0.1) is 7.11 Å². The van der Waals surface area contributed by atoms with Crippen LogP contribution in [0.25, 0.3) is 0 Å². The van der Waals surface area contributed by atoms with Crippen molar-refractivity contribution in [3.63, 3.8) is 0 Å². The Labute approximate surface area is 118 Å². The first-order chi connectivity index (χ1) is 9.60. The molecule has 2 saturated heterocycles. The Morgan fingerprint density at radius 2 is 2.00 bits per heavy atom. The molecular formula is C16H19NO3. The molecule has 2 fully saturated rings. The first kappa shape index (κ1) is 13.2. The van der Waals surface area contributed by atoms with Gasteiger partial charge < -0.3 is 9.64 Å². The number of hydrogen-bond donors (Lipinski definition) is 0. The monoisotopic (exact) mass is 273 g/mol. The van der Waals surface area contributed by atoms with Crippen molar-refractivity contribution >= 4 is 11.9 Å². The van der Waals surface area contributed by atoms with Crippen molar-refractivity contribution in [3.8, 4) is 0 Å². The number of amides is 1. The number of carbonyl (C=O) groups excluding carboxylic acids is 2. The third-order valence-corrected chi connectivity index (χ3v) is 4.77. The van der Waals surface area contributed by atoms with Crippen LogP contribution in [0.3, 0.4) is 0 Å². The van der Waals surface area contributed by atoms with E-state index in [1.807, 2.05) is 18.2 Å². The molecule has 2 bridgehead atoms. The number of nitrogens with zero attached hydrogens (tertiary/aromatic N) is 1. The summed E-state index contributed by atoms with van der Waals surface area (Å²) < 4.78 is 4.99. The molecule has 0 spiro atoms. The van der Waals surface area contributed by atoms with E-state index in [4.69, 9.17) is 4.74 Å². The quantitative estimate of drug-likeness (QED) is 0.776. The maximum atomic E-state index is 12.8. The van der Waals surface area contributed by atoms with Crippen molar-refractivity contribution in [2.75, 3.05) is 7.11 Å². The number of benzene rings is 1. The molecule has 0 aromatic heterocycles. The van der Waals surface area contributed by atoms with Crippen LogP contribution >= 0.6 is 0 Å². The van der Waals surface area contributed by atoms with Crippen molar-refractivity contribution < 1.29 is 14.3 Å². The summed E-state index contributed by atoms with van der Waals surface area (Å²) in [5.74, 6) is 0.0204. The second-order valence-electron chi connectivity index (χ2n) is 5.85. The number of esters is 1. The molecule has 0 aliphatic carbocycles. The molecule has 3 unspecified atom stereocenters. The van der Waals surface area contributed by atoms with Crippen molar-refractivity contribution in [1.82, 2.24) is 4.90 Å². The minimum Gasteiger partial charge on any atom is -0.467 e. The van der Waals surface area contributed by atoms with Gasteiger partial charge in [-0.3, -0.25) is 4.79 Å². The topological polar surface area (TPSA) is 46.6 Å². The molecule has 1 amide bonds. The van der Waals surface area contributed by atoms with E-state index in [1.54, 1.807) is 17.0 Å². The molecule has 4 nitrogen and oxygen atoms in total. The summed E-state index contributed by atoms with van der Waals surface area (Å²) in [4.78, 5) is 26.9. The molecule has 1 aromatic rings. The Kier molecular flexibility index (Phi) is 3.04. The summed E-state index contributed by atoms with van der Waals surface area (Å²) in [6, 6.07) is 9.33. The minimum atomic E-state index is -0.744. The minimum absolute atomic E-state index is 0.0529. The summed E-state index contributed by atoms with van der Waals surface area (Å²) in [7, 11) is 1.40. The van der Waals surface area contributed by atoms with Crippen molar-refractivity contribution in [3.05, 3.63) is 35.9 Å². The van der Waals surface area contributed by atoms with Crippen LogP contribution in [0.15, 0.2) is 30.3 Å². The van der Waals surface area contributed by atoms with Gasteiger partial charge in [0.15, 0.2) is 0 Å². The highest BCUT2D eigenvalue weighted by Gasteiger charge is 2.62. The first-order valence-electron chi connectivity index (χ1n) is 7.07. The second kappa shape index (κ2) is 4.62. The summed E-state index contributed by atoms with van der Waals surface area (Å²) in [5, 5.41) is 0. The van der Waals surface area contributed by atoms with Gasteiger partial charge >= 0.3 is 5.97 Å². The van der Waals surface area contributed by atoms with Crippen LogP contribution < -0.4 is 0 Å². The lowest BCUT2D eigenvalue weighted by molar-refractivity contribution is -0.151. The predicted molar refractivity (Wildman–Crippen MR) is 74.2 cm³/mol. The molecule has 0 N–H and O–H groups in total. The Balaban J connectivity index is 1.99. The molecular weight excluding hydrogens is 254 g/mol. The Hall–Kier alpha value is -1.84. The van der Waals surface area contributed by atoms with Gasteiger partial charge in [-0.2, -0.15) is 0 Å². The number of rotatable bonds is 2. The number of methoxy groups -OCH3 is 1. The van der Waals surface area contributed by atoms with Gasteiger partial charge in [0.1, 0.15) is 5.54 Å². The molecule has 3 atom stereocenters. The van der Waals surface area contributed by atoms with E-state index < -0.39 is 5.54 Å². The maximum Gasteiger partial charge on any atom is 0.331 e. The van der Waals surface area contributed by atoms with Gasteiger partial charge in [0, 0.05) is 11.6 Å². The van der Waals surface area contributed by atoms with Crippen LogP contribution in [0.1, 0.15) is 36.5 Å². The molecule has 3 rings (SSSR count). The lowest BCUT2D eigenvalue weighted by Gasteiger charge is -2.32. The zero-order valence-corrected chi connectivity index (χ0v) is 11.8. The Morgan fingerprint density at radius 1 is 1.30 bits per heavy atom.